The number of nitro groups is 1. The average Bonchev–Trinajstić information content (AvgIpc) is 2.28. The van der Waals surface area contributed by atoms with Gasteiger partial charge in [-0.2, -0.15) is 0 Å². The Hall–Kier alpha value is -1.95. The first kappa shape index (κ1) is 13.1. The second kappa shape index (κ2) is 5.95. The SMILES string of the molecule is Cc1ccc(NC(=O)CCCN)c([N+](=O)[O-])c1. The number of nitrogens with two attached hydrogens (primary N) is 1. The Morgan fingerprint density at radius 2 is 2.24 bits per heavy atom. The summed E-state index contributed by atoms with van der Waals surface area (Å²) in [6.07, 6.45) is 0.826. The van der Waals surface area contributed by atoms with Crippen molar-refractivity contribution in [3.63, 3.8) is 0 Å². The van der Waals surface area contributed by atoms with Gasteiger partial charge in [0.05, 0.1) is 4.92 Å². The quantitative estimate of drug-likeness (QED) is 0.600. The van der Waals surface area contributed by atoms with Crippen molar-refractivity contribution in [1.82, 2.24) is 0 Å². The van der Waals surface area contributed by atoms with E-state index >= 15 is 0 Å². The van der Waals surface area contributed by atoms with Gasteiger partial charge in [0, 0.05) is 12.5 Å². The normalized spacial score (nSPS) is 10.0. The van der Waals surface area contributed by atoms with Crippen LogP contribution in [0.3, 0.4) is 0 Å². The molecule has 0 saturated carbocycles. The fraction of sp³-hybridized carbons (Fsp3) is 0.364. The standard InChI is InChI=1S/C11H15N3O3/c1-8-4-5-9(10(7-8)14(16)17)13-11(15)3-2-6-12/h4-5,7H,2-3,6,12H2,1H3,(H,13,15). The molecule has 0 heterocycles. The molecule has 0 atom stereocenters. The van der Waals surface area contributed by atoms with E-state index in [4.69, 9.17) is 5.73 Å². The van der Waals surface area contributed by atoms with E-state index in [0.29, 0.717) is 13.0 Å². The lowest BCUT2D eigenvalue weighted by atomic mass is 10.2. The van der Waals surface area contributed by atoms with Gasteiger partial charge >= 0.3 is 0 Å². The molecule has 3 N–H and O–H groups in total. The van der Waals surface area contributed by atoms with E-state index in [-0.39, 0.29) is 23.7 Å². The Balaban J connectivity index is 2.83. The molecule has 0 spiro atoms. The molecule has 0 aromatic heterocycles. The van der Waals surface area contributed by atoms with E-state index < -0.39 is 4.92 Å². The Bertz CT molecular complexity index is 432. The lowest BCUT2D eigenvalue weighted by Crippen LogP contribution is -2.14. The van der Waals surface area contributed by atoms with E-state index in [1.54, 1.807) is 13.0 Å². The van der Waals surface area contributed by atoms with E-state index in [2.05, 4.69) is 5.32 Å². The summed E-state index contributed by atoms with van der Waals surface area (Å²) in [7, 11) is 0. The maximum absolute atomic E-state index is 11.4. The van der Waals surface area contributed by atoms with Crippen molar-refractivity contribution in [2.75, 3.05) is 11.9 Å². The third-order valence-electron chi connectivity index (χ3n) is 2.23. The van der Waals surface area contributed by atoms with Crippen molar-refractivity contribution in [3.05, 3.63) is 33.9 Å². The predicted octanol–water partition coefficient (Wildman–Crippen LogP) is 1.58. The van der Waals surface area contributed by atoms with Crippen LogP contribution in [0.15, 0.2) is 18.2 Å². The van der Waals surface area contributed by atoms with E-state index in [0.717, 1.165) is 5.56 Å². The largest absolute Gasteiger partial charge is 0.330 e. The molecule has 17 heavy (non-hydrogen) atoms. The summed E-state index contributed by atoms with van der Waals surface area (Å²) in [5.74, 6) is -0.262. The van der Waals surface area contributed by atoms with Gasteiger partial charge in [-0.3, -0.25) is 14.9 Å². The first-order valence-corrected chi connectivity index (χ1v) is 5.29. The van der Waals surface area contributed by atoms with Crippen LogP contribution >= 0.6 is 0 Å². The van der Waals surface area contributed by atoms with Gasteiger partial charge < -0.3 is 11.1 Å². The molecule has 0 fully saturated rings. The van der Waals surface area contributed by atoms with Crippen LogP contribution in [0.1, 0.15) is 18.4 Å². The highest BCUT2D eigenvalue weighted by molar-refractivity contribution is 5.93. The Morgan fingerprint density at radius 3 is 2.82 bits per heavy atom. The monoisotopic (exact) mass is 237 g/mol. The van der Waals surface area contributed by atoms with Crippen LogP contribution < -0.4 is 11.1 Å². The zero-order valence-electron chi connectivity index (χ0n) is 9.60. The minimum Gasteiger partial charge on any atom is -0.330 e. The number of benzene rings is 1. The molecule has 0 aliphatic carbocycles. The number of hydrogen-bond acceptors (Lipinski definition) is 4. The molecule has 0 radical (unpaired) electrons. The van der Waals surface area contributed by atoms with Crippen molar-refractivity contribution < 1.29 is 9.72 Å². The molecule has 0 unspecified atom stereocenters. The number of anilines is 1. The molecule has 0 aliphatic heterocycles. The lowest BCUT2D eigenvalue weighted by molar-refractivity contribution is -0.384. The first-order chi connectivity index (χ1) is 8.04. The number of carbonyl (C=O) groups excluding carboxylic acids is 1. The summed E-state index contributed by atoms with van der Waals surface area (Å²) in [5, 5.41) is 13.3. The topological polar surface area (TPSA) is 98.3 Å². The third-order valence-corrected chi connectivity index (χ3v) is 2.23. The van der Waals surface area contributed by atoms with Crippen molar-refractivity contribution in [1.29, 1.82) is 0 Å². The van der Waals surface area contributed by atoms with Gasteiger partial charge in [-0.25, -0.2) is 0 Å². The molecule has 1 rings (SSSR count). The predicted molar refractivity (Wildman–Crippen MR) is 64.8 cm³/mol. The Morgan fingerprint density at radius 1 is 1.53 bits per heavy atom. The molecular formula is C11H15N3O3. The van der Waals surface area contributed by atoms with Crippen LogP contribution in [0.4, 0.5) is 11.4 Å². The minimum atomic E-state index is -0.508. The van der Waals surface area contributed by atoms with Crippen LogP contribution in [0, 0.1) is 17.0 Å². The maximum Gasteiger partial charge on any atom is 0.293 e. The third kappa shape index (κ3) is 3.84. The van der Waals surface area contributed by atoms with Gasteiger partial charge in [-0.15, -0.1) is 0 Å². The van der Waals surface area contributed by atoms with Crippen molar-refractivity contribution in [2.24, 2.45) is 5.73 Å². The summed E-state index contributed by atoms with van der Waals surface area (Å²) in [5.41, 5.74) is 6.19. The maximum atomic E-state index is 11.4. The van der Waals surface area contributed by atoms with Crippen LogP contribution in [-0.4, -0.2) is 17.4 Å². The highest BCUT2D eigenvalue weighted by atomic mass is 16.6. The lowest BCUT2D eigenvalue weighted by Gasteiger charge is -2.06. The molecule has 6 nitrogen and oxygen atoms in total. The number of nitrogens with one attached hydrogen (secondary N) is 1. The Labute approximate surface area is 99.0 Å². The number of nitro benzene ring substituents is 1. The van der Waals surface area contributed by atoms with Crippen molar-refractivity contribution in [3.8, 4) is 0 Å². The van der Waals surface area contributed by atoms with Gasteiger partial charge in [0.1, 0.15) is 5.69 Å². The van der Waals surface area contributed by atoms with Crippen molar-refractivity contribution >= 4 is 17.3 Å². The minimum absolute atomic E-state index is 0.0916. The molecule has 6 heteroatoms. The van der Waals surface area contributed by atoms with Crippen molar-refractivity contribution in [2.45, 2.75) is 19.8 Å². The van der Waals surface area contributed by atoms with Gasteiger partial charge in [0.25, 0.3) is 5.69 Å². The number of nitrogens with zero attached hydrogens (tertiary/aromatic N) is 1. The van der Waals surface area contributed by atoms with Crippen LogP contribution in [0.5, 0.6) is 0 Å². The zero-order chi connectivity index (χ0) is 12.8. The summed E-state index contributed by atoms with van der Waals surface area (Å²) in [6.45, 7) is 2.18. The summed E-state index contributed by atoms with van der Waals surface area (Å²) < 4.78 is 0. The summed E-state index contributed by atoms with van der Waals surface area (Å²) >= 11 is 0. The molecule has 1 aromatic carbocycles. The smallest absolute Gasteiger partial charge is 0.293 e. The molecule has 0 saturated heterocycles. The molecule has 92 valence electrons. The number of rotatable bonds is 5. The number of amides is 1. The molecule has 0 aliphatic rings. The Kier molecular flexibility index (Phi) is 4.59. The fourth-order valence-corrected chi connectivity index (χ4v) is 1.37. The molecule has 0 bridgehead atoms. The number of aryl methyl sites for hydroxylation is 1. The molecule has 1 aromatic rings. The summed E-state index contributed by atoms with van der Waals surface area (Å²) in [6, 6.07) is 4.68. The van der Waals surface area contributed by atoms with Crippen LogP contribution in [0.25, 0.3) is 0 Å². The van der Waals surface area contributed by atoms with Crippen LogP contribution in [0.2, 0.25) is 0 Å². The second-order valence-corrected chi connectivity index (χ2v) is 3.72. The van der Waals surface area contributed by atoms with Gasteiger partial charge in [-0.1, -0.05) is 6.07 Å². The van der Waals surface area contributed by atoms with Gasteiger partial charge in [-0.05, 0) is 31.5 Å². The summed E-state index contributed by atoms with van der Waals surface area (Å²) in [4.78, 5) is 21.7. The fourth-order valence-electron chi connectivity index (χ4n) is 1.37. The van der Waals surface area contributed by atoms with E-state index in [1.807, 2.05) is 0 Å². The highest BCUT2D eigenvalue weighted by Gasteiger charge is 2.15. The van der Waals surface area contributed by atoms with Gasteiger partial charge in [0.15, 0.2) is 0 Å². The number of carbonyl (C=O) groups is 1. The highest BCUT2D eigenvalue weighted by Crippen LogP contribution is 2.25. The molecule has 1 amide bonds. The zero-order valence-corrected chi connectivity index (χ0v) is 9.60. The first-order valence-electron chi connectivity index (χ1n) is 5.29. The van der Waals surface area contributed by atoms with E-state index in [1.165, 1.54) is 12.1 Å². The van der Waals surface area contributed by atoms with E-state index in [9.17, 15) is 14.9 Å². The second-order valence-electron chi connectivity index (χ2n) is 3.72. The van der Waals surface area contributed by atoms with Crippen LogP contribution in [-0.2, 0) is 4.79 Å². The van der Waals surface area contributed by atoms with Gasteiger partial charge in [0.2, 0.25) is 5.91 Å². The average molecular weight is 237 g/mol. The molecular weight excluding hydrogens is 222 g/mol. The number of hydrogen-bond donors (Lipinski definition) is 2.